The molecule has 0 atom stereocenters. The van der Waals surface area contributed by atoms with E-state index in [0.29, 0.717) is 0 Å². The molecule has 0 bridgehead atoms. The Bertz CT molecular complexity index is 501. The summed E-state index contributed by atoms with van der Waals surface area (Å²) in [6.45, 7) is 15.6. The molecule has 0 saturated heterocycles. The van der Waals surface area contributed by atoms with E-state index in [0.717, 1.165) is 5.19 Å². The molecule has 22 heavy (non-hydrogen) atoms. The largest absolute Gasteiger partial charge is 0.433 e. The van der Waals surface area contributed by atoms with Crippen LogP contribution in [-0.2, 0) is 8.23 Å². The molecular weight excluding hydrogens is 344 g/mol. The van der Waals surface area contributed by atoms with E-state index >= 15 is 0 Å². The Labute approximate surface area is 138 Å². The molecule has 2 N–H and O–H groups in total. The molecule has 4 nitrogen and oxygen atoms in total. The highest BCUT2D eigenvalue weighted by molar-refractivity contribution is 6.92. The fraction of sp³-hybridized carbons (Fsp3) is 0.571. The van der Waals surface area contributed by atoms with Crippen molar-refractivity contribution in [3.05, 3.63) is 24.3 Å². The Hall–Kier alpha value is -0.0725. The molecule has 0 spiro atoms. The van der Waals surface area contributed by atoms with E-state index in [-0.39, 0.29) is 0 Å². The second-order valence-corrected chi connectivity index (χ2v) is 22.3. The highest BCUT2D eigenvalue weighted by atomic mass is 28.5. The molecule has 0 saturated carbocycles. The van der Waals surface area contributed by atoms with Crippen molar-refractivity contribution in [3.63, 3.8) is 0 Å². The zero-order valence-electron chi connectivity index (χ0n) is 15.0. The molecular formula is C14H30O4Si4. The Balaban J connectivity index is 2.94. The summed E-state index contributed by atoms with van der Waals surface area (Å²) in [5.74, 6) is 0. The lowest BCUT2D eigenvalue weighted by Gasteiger charge is -2.36. The molecule has 1 aromatic carbocycles. The van der Waals surface area contributed by atoms with Gasteiger partial charge in [0.1, 0.15) is 0 Å². The maximum Gasteiger partial charge on any atom is 0.320 e. The van der Waals surface area contributed by atoms with Gasteiger partial charge >= 0.3 is 17.1 Å². The van der Waals surface area contributed by atoms with Gasteiger partial charge in [0.2, 0.25) is 16.6 Å². The SMILES string of the molecule is C[Si](C)(O)O[Si](C)(C)O[Si](C)(C)c1ccc([Si](C)(C)O)cc1. The van der Waals surface area contributed by atoms with Crippen LogP contribution < -0.4 is 10.4 Å². The van der Waals surface area contributed by atoms with Gasteiger partial charge in [0.25, 0.3) is 0 Å². The Kier molecular flexibility index (Phi) is 5.85. The first-order valence-electron chi connectivity index (χ1n) is 7.59. The van der Waals surface area contributed by atoms with Crippen LogP contribution in [-0.4, -0.2) is 43.3 Å². The molecule has 1 rings (SSSR count). The fourth-order valence-corrected chi connectivity index (χ4v) is 15.3. The average molecular weight is 375 g/mol. The summed E-state index contributed by atoms with van der Waals surface area (Å²) in [6, 6.07) is 8.16. The zero-order valence-corrected chi connectivity index (χ0v) is 19.0. The van der Waals surface area contributed by atoms with Crippen molar-refractivity contribution >= 4 is 44.1 Å². The van der Waals surface area contributed by atoms with Gasteiger partial charge in [-0.3, -0.25) is 0 Å². The van der Waals surface area contributed by atoms with Gasteiger partial charge < -0.3 is 17.8 Å². The topological polar surface area (TPSA) is 58.9 Å². The van der Waals surface area contributed by atoms with Crippen LogP contribution in [0.15, 0.2) is 24.3 Å². The predicted octanol–water partition coefficient (Wildman–Crippen LogP) is 1.93. The van der Waals surface area contributed by atoms with Crippen molar-refractivity contribution < 1.29 is 17.8 Å². The highest BCUT2D eigenvalue weighted by Crippen LogP contribution is 2.19. The number of hydrogen-bond acceptors (Lipinski definition) is 4. The van der Waals surface area contributed by atoms with Crippen LogP contribution >= 0.6 is 0 Å². The van der Waals surface area contributed by atoms with Gasteiger partial charge in [0.05, 0.1) is 0 Å². The first-order chi connectivity index (χ1) is 9.62. The van der Waals surface area contributed by atoms with E-state index in [1.54, 1.807) is 13.1 Å². The van der Waals surface area contributed by atoms with E-state index in [1.807, 2.05) is 38.3 Å². The van der Waals surface area contributed by atoms with Gasteiger partial charge in [0, 0.05) is 0 Å². The smallest absolute Gasteiger partial charge is 0.320 e. The van der Waals surface area contributed by atoms with Crippen molar-refractivity contribution in [3.8, 4) is 0 Å². The van der Waals surface area contributed by atoms with E-state index in [4.69, 9.17) is 8.23 Å². The second kappa shape index (κ2) is 6.44. The standard InChI is InChI=1S/C14H30O4Si4/c1-19(2,15)13-9-11-14(12-10-13)20(3,4)17-22(7,8)18-21(5,6)16/h9-12,15-16H,1-8H3. The number of rotatable bonds is 6. The summed E-state index contributed by atoms with van der Waals surface area (Å²) >= 11 is 0. The van der Waals surface area contributed by atoms with E-state index in [1.165, 1.54) is 5.19 Å². The summed E-state index contributed by atoms with van der Waals surface area (Å²) in [6.07, 6.45) is 0. The lowest BCUT2D eigenvalue weighted by molar-refractivity contribution is 0.327. The Morgan fingerprint density at radius 1 is 0.682 bits per heavy atom. The maximum atomic E-state index is 10.2. The Morgan fingerprint density at radius 2 is 1.09 bits per heavy atom. The third kappa shape index (κ3) is 6.20. The molecule has 0 aliphatic rings. The molecule has 1 aromatic rings. The fourth-order valence-electron chi connectivity index (χ4n) is 2.58. The maximum absolute atomic E-state index is 10.2. The molecule has 0 fully saturated rings. The first kappa shape index (κ1) is 20.0. The molecule has 0 amide bonds. The van der Waals surface area contributed by atoms with Crippen LogP contribution in [0, 0.1) is 0 Å². The predicted molar refractivity (Wildman–Crippen MR) is 102 cm³/mol. The van der Waals surface area contributed by atoms with Gasteiger partial charge in [-0.1, -0.05) is 24.3 Å². The highest BCUT2D eigenvalue weighted by Gasteiger charge is 2.40. The van der Waals surface area contributed by atoms with Gasteiger partial charge in [0.15, 0.2) is 0 Å². The molecule has 0 heterocycles. The third-order valence-electron chi connectivity index (χ3n) is 3.28. The first-order valence-corrected chi connectivity index (χ1v) is 19.1. The van der Waals surface area contributed by atoms with Crippen molar-refractivity contribution in [2.75, 3.05) is 0 Å². The van der Waals surface area contributed by atoms with E-state index < -0.39 is 33.8 Å². The van der Waals surface area contributed by atoms with Crippen LogP contribution in [0.25, 0.3) is 0 Å². The Morgan fingerprint density at radius 3 is 1.45 bits per heavy atom. The zero-order chi connectivity index (χ0) is 17.4. The third-order valence-corrected chi connectivity index (χ3v) is 14.7. The van der Waals surface area contributed by atoms with Crippen LogP contribution in [0.2, 0.25) is 52.4 Å². The van der Waals surface area contributed by atoms with Crippen LogP contribution in [0.5, 0.6) is 0 Å². The lowest BCUT2D eigenvalue weighted by Crippen LogP contribution is -2.57. The quantitative estimate of drug-likeness (QED) is 0.747. The summed E-state index contributed by atoms with van der Waals surface area (Å²) in [5, 5.41) is 2.20. The van der Waals surface area contributed by atoms with Gasteiger partial charge in [-0.2, -0.15) is 0 Å². The summed E-state index contributed by atoms with van der Waals surface area (Å²) in [4.78, 5) is 20.2. The van der Waals surface area contributed by atoms with Gasteiger partial charge in [-0.05, 0) is 62.7 Å². The molecule has 8 heteroatoms. The van der Waals surface area contributed by atoms with E-state index in [2.05, 4.69) is 25.2 Å². The van der Waals surface area contributed by atoms with Crippen LogP contribution in [0.4, 0.5) is 0 Å². The normalized spacial score (nSPS) is 14.3. The van der Waals surface area contributed by atoms with E-state index in [9.17, 15) is 9.59 Å². The monoisotopic (exact) mass is 374 g/mol. The molecule has 0 aliphatic carbocycles. The van der Waals surface area contributed by atoms with Gasteiger partial charge in [-0.25, -0.2) is 0 Å². The van der Waals surface area contributed by atoms with Crippen molar-refractivity contribution in [2.45, 2.75) is 52.4 Å². The minimum Gasteiger partial charge on any atom is -0.433 e. The number of hydrogen-bond donors (Lipinski definition) is 2. The van der Waals surface area contributed by atoms with Gasteiger partial charge in [-0.15, -0.1) is 0 Å². The van der Waals surface area contributed by atoms with Crippen LogP contribution in [0.1, 0.15) is 0 Å². The van der Waals surface area contributed by atoms with Crippen LogP contribution in [0.3, 0.4) is 0 Å². The number of benzene rings is 1. The summed E-state index contributed by atoms with van der Waals surface area (Å²) < 4.78 is 12.3. The van der Waals surface area contributed by atoms with Crippen molar-refractivity contribution in [1.82, 2.24) is 0 Å². The minimum atomic E-state index is -2.60. The summed E-state index contributed by atoms with van der Waals surface area (Å²) in [5.41, 5.74) is 0. The molecule has 0 unspecified atom stereocenters. The molecule has 0 aliphatic heterocycles. The molecule has 0 aromatic heterocycles. The molecule has 126 valence electrons. The molecule has 0 radical (unpaired) electrons. The van der Waals surface area contributed by atoms with Crippen molar-refractivity contribution in [2.24, 2.45) is 0 Å². The lowest BCUT2D eigenvalue weighted by atomic mass is 10.4. The van der Waals surface area contributed by atoms with Crippen molar-refractivity contribution in [1.29, 1.82) is 0 Å². The minimum absolute atomic E-state index is 1.03. The summed E-state index contributed by atoms with van der Waals surface area (Å²) in [7, 11) is -9.35. The average Bonchev–Trinajstić information content (AvgIpc) is 2.22. The second-order valence-electron chi connectivity index (χ2n) is 7.70.